The molecule has 0 bridgehead atoms. The zero-order chi connectivity index (χ0) is 19.6. The molecule has 1 aromatic rings. The van der Waals surface area contributed by atoms with Crippen LogP contribution in [0.5, 0.6) is 0 Å². The number of rotatable bonds is 4. The van der Waals surface area contributed by atoms with Gasteiger partial charge in [-0.15, -0.1) is 0 Å². The highest BCUT2D eigenvalue weighted by Gasteiger charge is 2.35. The minimum Gasteiger partial charge on any atom is -0.342 e. The molecule has 0 spiro atoms. The fourth-order valence-corrected chi connectivity index (χ4v) is 5.58. The van der Waals surface area contributed by atoms with E-state index in [1.807, 2.05) is 30.9 Å². The van der Waals surface area contributed by atoms with Crippen molar-refractivity contribution in [3.63, 3.8) is 0 Å². The topological polar surface area (TPSA) is 83.7 Å². The minimum atomic E-state index is -3.48. The van der Waals surface area contributed by atoms with Crippen molar-refractivity contribution in [2.75, 3.05) is 26.2 Å². The van der Waals surface area contributed by atoms with Crippen LogP contribution >= 0.6 is 0 Å². The predicted molar refractivity (Wildman–Crippen MR) is 106 cm³/mol. The Kier molecular flexibility index (Phi) is 6.23. The van der Waals surface area contributed by atoms with Gasteiger partial charge < -0.3 is 10.6 Å². The lowest BCUT2D eigenvalue weighted by Gasteiger charge is -2.37. The summed E-state index contributed by atoms with van der Waals surface area (Å²) in [5.74, 6) is 0.613. The molecule has 1 aromatic carbocycles. The van der Waals surface area contributed by atoms with Crippen LogP contribution in [0.4, 0.5) is 0 Å². The molecular weight excluding hydrogens is 362 g/mol. The van der Waals surface area contributed by atoms with Crippen LogP contribution in [-0.2, 0) is 14.8 Å². The number of carbonyl (C=O) groups is 1. The predicted octanol–water partition coefficient (Wildman–Crippen LogP) is 1.98. The number of aryl methyl sites for hydroxylation is 1. The summed E-state index contributed by atoms with van der Waals surface area (Å²) in [5, 5.41) is 0. The van der Waals surface area contributed by atoms with E-state index >= 15 is 0 Å². The normalized spacial score (nSPS) is 22.0. The van der Waals surface area contributed by atoms with E-state index < -0.39 is 10.0 Å². The van der Waals surface area contributed by atoms with Crippen molar-refractivity contribution in [3.8, 4) is 0 Å². The number of piperidine rings is 2. The van der Waals surface area contributed by atoms with Gasteiger partial charge in [0.25, 0.3) is 0 Å². The molecule has 0 saturated carbocycles. The Labute approximate surface area is 162 Å². The average molecular weight is 394 g/mol. The van der Waals surface area contributed by atoms with Gasteiger partial charge in [0.1, 0.15) is 0 Å². The Morgan fingerprint density at radius 1 is 1.04 bits per heavy atom. The summed E-state index contributed by atoms with van der Waals surface area (Å²) in [7, 11) is -3.48. The van der Waals surface area contributed by atoms with Crippen molar-refractivity contribution < 1.29 is 13.2 Å². The zero-order valence-corrected chi connectivity index (χ0v) is 17.1. The van der Waals surface area contributed by atoms with Gasteiger partial charge in [-0.25, -0.2) is 8.42 Å². The van der Waals surface area contributed by atoms with E-state index in [1.165, 1.54) is 4.31 Å². The Morgan fingerprint density at radius 3 is 2.11 bits per heavy atom. The molecule has 1 unspecified atom stereocenters. The maximum Gasteiger partial charge on any atom is 0.243 e. The summed E-state index contributed by atoms with van der Waals surface area (Å²) < 4.78 is 27.1. The molecule has 2 fully saturated rings. The molecule has 150 valence electrons. The van der Waals surface area contributed by atoms with E-state index in [1.54, 1.807) is 12.1 Å². The van der Waals surface area contributed by atoms with Crippen molar-refractivity contribution in [3.05, 3.63) is 29.8 Å². The first kappa shape index (κ1) is 20.3. The number of likely N-dealkylation sites (tertiary alicyclic amines) is 1. The second-order valence-electron chi connectivity index (χ2n) is 8.01. The smallest absolute Gasteiger partial charge is 0.243 e. The summed E-state index contributed by atoms with van der Waals surface area (Å²) >= 11 is 0. The summed E-state index contributed by atoms with van der Waals surface area (Å²) in [4.78, 5) is 15.1. The lowest BCUT2D eigenvalue weighted by molar-refractivity contribution is -0.138. The number of carbonyl (C=O) groups excluding carboxylic acids is 1. The van der Waals surface area contributed by atoms with Gasteiger partial charge in [-0.3, -0.25) is 4.79 Å². The van der Waals surface area contributed by atoms with Crippen LogP contribution in [0.25, 0.3) is 0 Å². The second-order valence-corrected chi connectivity index (χ2v) is 9.95. The summed E-state index contributed by atoms with van der Waals surface area (Å²) in [6.07, 6.45) is 3.11. The van der Waals surface area contributed by atoms with E-state index in [-0.39, 0.29) is 17.9 Å². The molecule has 7 heteroatoms. The molecule has 2 aliphatic rings. The highest BCUT2D eigenvalue weighted by atomic mass is 32.2. The zero-order valence-electron chi connectivity index (χ0n) is 16.3. The van der Waals surface area contributed by atoms with E-state index in [2.05, 4.69) is 0 Å². The van der Waals surface area contributed by atoms with Gasteiger partial charge in [0.2, 0.25) is 15.9 Å². The number of amides is 1. The number of sulfonamides is 1. The molecule has 6 nitrogen and oxygen atoms in total. The second kappa shape index (κ2) is 8.29. The van der Waals surface area contributed by atoms with Crippen LogP contribution in [0, 0.1) is 18.8 Å². The molecule has 27 heavy (non-hydrogen) atoms. The first-order valence-corrected chi connectivity index (χ1v) is 11.3. The molecule has 1 amide bonds. The van der Waals surface area contributed by atoms with E-state index in [0.717, 1.165) is 31.5 Å². The summed E-state index contributed by atoms with van der Waals surface area (Å²) in [5.41, 5.74) is 7.01. The van der Waals surface area contributed by atoms with Crippen molar-refractivity contribution >= 4 is 15.9 Å². The van der Waals surface area contributed by atoms with Gasteiger partial charge in [-0.2, -0.15) is 4.31 Å². The van der Waals surface area contributed by atoms with Gasteiger partial charge in [-0.05, 0) is 57.6 Å². The molecule has 3 rings (SSSR count). The largest absolute Gasteiger partial charge is 0.342 e. The van der Waals surface area contributed by atoms with Gasteiger partial charge in [-0.1, -0.05) is 17.7 Å². The van der Waals surface area contributed by atoms with Gasteiger partial charge in [0.05, 0.1) is 4.90 Å². The molecule has 0 aromatic heterocycles. The maximum absolute atomic E-state index is 12.8. The van der Waals surface area contributed by atoms with Crippen LogP contribution in [0.15, 0.2) is 29.2 Å². The van der Waals surface area contributed by atoms with Crippen LogP contribution in [-0.4, -0.2) is 55.8 Å². The van der Waals surface area contributed by atoms with Crippen LogP contribution < -0.4 is 5.73 Å². The quantitative estimate of drug-likeness (QED) is 0.848. The average Bonchev–Trinajstić information content (AvgIpc) is 2.68. The number of nitrogens with zero attached hydrogens (tertiary/aromatic N) is 2. The SMILES string of the molecule is Cc1ccc(S(=O)(=O)N2CCC(C(=O)N3CCC(C(C)N)CC3)CC2)cc1. The minimum absolute atomic E-state index is 0.0682. The molecule has 0 radical (unpaired) electrons. The summed E-state index contributed by atoms with van der Waals surface area (Å²) in [6.45, 7) is 6.32. The maximum atomic E-state index is 12.8. The molecule has 1 atom stereocenters. The van der Waals surface area contributed by atoms with Crippen molar-refractivity contribution in [1.29, 1.82) is 0 Å². The van der Waals surface area contributed by atoms with E-state index in [0.29, 0.717) is 36.7 Å². The van der Waals surface area contributed by atoms with Crippen LogP contribution in [0.1, 0.15) is 38.2 Å². The Bertz CT molecular complexity index is 745. The lowest BCUT2D eigenvalue weighted by atomic mass is 9.89. The Hall–Kier alpha value is -1.44. The first-order chi connectivity index (χ1) is 12.8. The number of hydrogen-bond acceptors (Lipinski definition) is 4. The number of hydrogen-bond donors (Lipinski definition) is 1. The fourth-order valence-electron chi connectivity index (χ4n) is 4.11. The van der Waals surface area contributed by atoms with Crippen LogP contribution in [0.3, 0.4) is 0 Å². The number of benzene rings is 1. The Morgan fingerprint density at radius 2 is 1.59 bits per heavy atom. The fraction of sp³-hybridized carbons (Fsp3) is 0.650. The van der Waals surface area contributed by atoms with Gasteiger partial charge >= 0.3 is 0 Å². The third kappa shape index (κ3) is 4.52. The van der Waals surface area contributed by atoms with Crippen LogP contribution in [0.2, 0.25) is 0 Å². The monoisotopic (exact) mass is 393 g/mol. The molecular formula is C20H31N3O3S. The summed E-state index contributed by atoms with van der Waals surface area (Å²) in [6, 6.07) is 7.12. The van der Waals surface area contributed by atoms with Crippen molar-refractivity contribution in [1.82, 2.24) is 9.21 Å². The lowest BCUT2D eigenvalue weighted by Crippen LogP contribution is -2.47. The first-order valence-electron chi connectivity index (χ1n) is 9.90. The molecule has 2 heterocycles. The highest BCUT2D eigenvalue weighted by Crippen LogP contribution is 2.27. The van der Waals surface area contributed by atoms with E-state index in [9.17, 15) is 13.2 Å². The van der Waals surface area contributed by atoms with Gasteiger partial charge in [0.15, 0.2) is 0 Å². The van der Waals surface area contributed by atoms with Gasteiger partial charge in [0, 0.05) is 38.1 Å². The van der Waals surface area contributed by atoms with E-state index in [4.69, 9.17) is 5.73 Å². The standard InChI is InChI=1S/C20H31N3O3S/c1-15-3-5-19(6-4-15)27(25,26)23-13-9-18(10-14-23)20(24)22-11-7-17(8-12-22)16(2)21/h3-6,16-18H,7-14,21H2,1-2H3. The van der Waals surface area contributed by atoms with Crippen molar-refractivity contribution in [2.45, 2.75) is 50.5 Å². The molecule has 2 aliphatic heterocycles. The number of nitrogens with two attached hydrogens (primary N) is 1. The third-order valence-electron chi connectivity index (χ3n) is 6.06. The highest BCUT2D eigenvalue weighted by molar-refractivity contribution is 7.89. The third-order valence-corrected chi connectivity index (χ3v) is 7.97. The Balaban J connectivity index is 1.55. The van der Waals surface area contributed by atoms with Crippen molar-refractivity contribution in [2.24, 2.45) is 17.6 Å². The molecule has 0 aliphatic carbocycles. The molecule has 2 N–H and O–H groups in total. The molecule has 2 saturated heterocycles.